The first-order valence-electron chi connectivity index (χ1n) is 10.3. The number of ether oxygens (including phenoxy) is 2. The van der Waals surface area contributed by atoms with E-state index in [2.05, 4.69) is 20.8 Å². The van der Waals surface area contributed by atoms with Gasteiger partial charge >= 0.3 is 5.97 Å². The summed E-state index contributed by atoms with van der Waals surface area (Å²) in [6, 6.07) is 16.2. The van der Waals surface area contributed by atoms with Gasteiger partial charge in [-0.2, -0.15) is 0 Å². The van der Waals surface area contributed by atoms with Crippen molar-refractivity contribution in [1.82, 2.24) is 0 Å². The van der Waals surface area contributed by atoms with Gasteiger partial charge in [0.1, 0.15) is 17.3 Å². The highest BCUT2D eigenvalue weighted by atomic mass is 19.1. The number of hydrogen-bond donors (Lipinski definition) is 0. The number of carbonyl (C=O) groups excluding carboxylic acids is 2. The summed E-state index contributed by atoms with van der Waals surface area (Å²) < 4.78 is 24.4. The summed E-state index contributed by atoms with van der Waals surface area (Å²) in [7, 11) is 0. The van der Waals surface area contributed by atoms with Crippen molar-refractivity contribution in [2.24, 2.45) is 0 Å². The van der Waals surface area contributed by atoms with Gasteiger partial charge in [0.2, 0.25) is 5.78 Å². The van der Waals surface area contributed by atoms with Crippen molar-refractivity contribution in [3.8, 4) is 11.5 Å². The minimum atomic E-state index is -0.618. The number of Topliss-reactive ketones (excluding diaryl/α,β-unsaturated/α-hetero) is 1. The Labute approximate surface area is 186 Å². The normalized spacial score (nSPS) is 14.3. The average Bonchev–Trinajstić information content (AvgIpc) is 3.06. The number of benzene rings is 3. The zero-order valence-corrected chi connectivity index (χ0v) is 18.4. The molecule has 162 valence electrons. The monoisotopic (exact) mass is 430 g/mol. The molecule has 0 aromatic heterocycles. The SMILES string of the molecule is Cc1c(OC(=O)c2ccc(F)cc2)ccc2c1O/C(=C\c1ccc(C(C)(C)C)cc1)C2=O. The van der Waals surface area contributed by atoms with Crippen LogP contribution in [0.25, 0.3) is 6.08 Å². The zero-order valence-electron chi connectivity index (χ0n) is 18.4. The van der Waals surface area contributed by atoms with Gasteiger partial charge < -0.3 is 9.47 Å². The van der Waals surface area contributed by atoms with E-state index in [4.69, 9.17) is 9.47 Å². The number of fused-ring (bicyclic) bond motifs is 1. The van der Waals surface area contributed by atoms with Gasteiger partial charge in [-0.25, -0.2) is 9.18 Å². The first-order valence-corrected chi connectivity index (χ1v) is 10.3. The maximum absolute atomic E-state index is 13.1. The van der Waals surface area contributed by atoms with E-state index in [0.717, 1.165) is 5.56 Å². The molecule has 0 unspecified atom stereocenters. The summed E-state index contributed by atoms with van der Waals surface area (Å²) in [5, 5.41) is 0. The second kappa shape index (κ2) is 8.08. The van der Waals surface area contributed by atoms with Crippen LogP contribution in [0.1, 0.15) is 58.2 Å². The largest absolute Gasteiger partial charge is 0.452 e. The van der Waals surface area contributed by atoms with Gasteiger partial charge in [-0.05, 0) is 65.9 Å². The summed E-state index contributed by atoms with van der Waals surface area (Å²) in [5.74, 6) is -0.409. The predicted octanol–water partition coefficient (Wildman–Crippen LogP) is 6.27. The lowest BCUT2D eigenvalue weighted by Crippen LogP contribution is -2.10. The van der Waals surface area contributed by atoms with Crippen molar-refractivity contribution in [3.05, 3.63) is 100 Å². The molecule has 0 spiro atoms. The number of allylic oxidation sites excluding steroid dienone is 1. The molecule has 32 heavy (non-hydrogen) atoms. The number of ketones is 1. The molecule has 1 aliphatic rings. The highest BCUT2D eigenvalue weighted by molar-refractivity contribution is 6.15. The molecule has 0 bridgehead atoms. The Hall–Kier alpha value is -3.73. The number of halogens is 1. The molecule has 1 aliphatic heterocycles. The van der Waals surface area contributed by atoms with Crippen LogP contribution in [0.5, 0.6) is 11.5 Å². The van der Waals surface area contributed by atoms with Gasteiger partial charge in [-0.1, -0.05) is 45.0 Å². The summed E-state index contributed by atoms with van der Waals surface area (Å²) in [5.41, 5.74) is 3.28. The van der Waals surface area contributed by atoms with Crippen LogP contribution in [0, 0.1) is 12.7 Å². The predicted molar refractivity (Wildman–Crippen MR) is 121 cm³/mol. The Kier molecular flexibility index (Phi) is 5.43. The van der Waals surface area contributed by atoms with Gasteiger partial charge in [0.25, 0.3) is 0 Å². The molecule has 0 saturated heterocycles. The fourth-order valence-electron chi connectivity index (χ4n) is 3.45. The fourth-order valence-corrected chi connectivity index (χ4v) is 3.45. The Morgan fingerprint density at radius 3 is 2.25 bits per heavy atom. The number of esters is 1. The number of carbonyl (C=O) groups is 2. The van der Waals surface area contributed by atoms with Crippen LogP contribution < -0.4 is 9.47 Å². The van der Waals surface area contributed by atoms with E-state index in [1.165, 1.54) is 29.8 Å². The molecule has 0 aliphatic carbocycles. The summed E-state index contributed by atoms with van der Waals surface area (Å²) >= 11 is 0. The first kappa shape index (κ1) is 21.5. The summed E-state index contributed by atoms with van der Waals surface area (Å²) in [4.78, 5) is 25.2. The van der Waals surface area contributed by atoms with Gasteiger partial charge in [0.15, 0.2) is 5.76 Å². The molecular formula is C27H23FO4. The molecule has 4 rings (SSSR count). The van der Waals surface area contributed by atoms with Gasteiger partial charge in [-0.15, -0.1) is 0 Å². The van der Waals surface area contributed by atoms with Crippen LogP contribution in [-0.2, 0) is 5.41 Å². The zero-order chi connectivity index (χ0) is 23.0. The van der Waals surface area contributed by atoms with Crippen molar-refractivity contribution >= 4 is 17.8 Å². The molecule has 3 aromatic rings. The molecule has 0 amide bonds. The van der Waals surface area contributed by atoms with Crippen LogP contribution in [0.3, 0.4) is 0 Å². The molecule has 0 N–H and O–H groups in total. The Bertz CT molecular complexity index is 1230. The second-order valence-electron chi connectivity index (χ2n) is 8.77. The van der Waals surface area contributed by atoms with Gasteiger partial charge in [-0.3, -0.25) is 4.79 Å². The first-order chi connectivity index (χ1) is 15.1. The highest BCUT2D eigenvalue weighted by Gasteiger charge is 2.30. The molecule has 3 aromatic carbocycles. The lowest BCUT2D eigenvalue weighted by Gasteiger charge is -2.18. The highest BCUT2D eigenvalue weighted by Crippen LogP contribution is 2.39. The molecule has 0 atom stereocenters. The topological polar surface area (TPSA) is 52.6 Å². The standard InChI is InChI=1S/C27H23FO4/c1-16-22(32-26(30)18-7-11-20(28)12-8-18)14-13-21-24(29)23(31-25(16)21)15-17-5-9-19(10-6-17)27(2,3)4/h5-15H,1-4H3/b23-15-. The Morgan fingerprint density at radius 1 is 0.969 bits per heavy atom. The van der Waals surface area contributed by atoms with Crippen molar-refractivity contribution in [2.45, 2.75) is 33.1 Å². The minimum absolute atomic E-state index is 0.0421. The van der Waals surface area contributed by atoms with Crippen LogP contribution in [0.15, 0.2) is 66.4 Å². The van der Waals surface area contributed by atoms with Crippen LogP contribution in [-0.4, -0.2) is 11.8 Å². The van der Waals surface area contributed by atoms with Gasteiger partial charge in [0, 0.05) is 5.56 Å². The van der Waals surface area contributed by atoms with Crippen LogP contribution >= 0.6 is 0 Å². The van der Waals surface area contributed by atoms with Crippen molar-refractivity contribution in [1.29, 1.82) is 0 Å². The summed E-state index contributed by atoms with van der Waals surface area (Å²) in [6.45, 7) is 8.15. The second-order valence-corrected chi connectivity index (χ2v) is 8.77. The molecule has 0 fully saturated rings. The maximum Gasteiger partial charge on any atom is 0.343 e. The van der Waals surface area contributed by atoms with Crippen LogP contribution in [0.2, 0.25) is 0 Å². The lowest BCUT2D eigenvalue weighted by atomic mass is 9.86. The lowest BCUT2D eigenvalue weighted by molar-refractivity contribution is 0.0733. The summed E-state index contributed by atoms with van der Waals surface area (Å²) in [6.07, 6.45) is 1.71. The van der Waals surface area contributed by atoms with Crippen molar-refractivity contribution in [2.75, 3.05) is 0 Å². The van der Waals surface area contributed by atoms with E-state index < -0.39 is 11.8 Å². The third-order valence-electron chi connectivity index (χ3n) is 5.39. The Balaban J connectivity index is 1.57. The molecule has 5 heteroatoms. The quantitative estimate of drug-likeness (QED) is 0.279. The van der Waals surface area contributed by atoms with Crippen molar-refractivity contribution in [3.63, 3.8) is 0 Å². The number of hydrogen-bond acceptors (Lipinski definition) is 4. The molecule has 1 heterocycles. The molecule has 0 radical (unpaired) electrons. The van der Waals surface area contributed by atoms with E-state index in [1.807, 2.05) is 24.3 Å². The maximum atomic E-state index is 13.1. The smallest absolute Gasteiger partial charge is 0.343 e. The van der Waals surface area contributed by atoms with Gasteiger partial charge in [0.05, 0.1) is 11.1 Å². The van der Waals surface area contributed by atoms with E-state index >= 15 is 0 Å². The van der Waals surface area contributed by atoms with Crippen LogP contribution in [0.4, 0.5) is 4.39 Å². The van der Waals surface area contributed by atoms with E-state index in [9.17, 15) is 14.0 Å². The Morgan fingerprint density at radius 2 is 1.62 bits per heavy atom. The minimum Gasteiger partial charge on any atom is -0.452 e. The molecular weight excluding hydrogens is 407 g/mol. The van der Waals surface area contributed by atoms with Crippen molar-refractivity contribution < 1.29 is 23.5 Å². The third-order valence-corrected chi connectivity index (χ3v) is 5.39. The van der Waals surface area contributed by atoms with E-state index in [-0.39, 0.29) is 28.3 Å². The average molecular weight is 430 g/mol. The third kappa shape index (κ3) is 4.19. The molecule has 0 saturated carbocycles. The van der Waals surface area contributed by atoms with E-state index in [0.29, 0.717) is 16.9 Å². The molecule has 4 nitrogen and oxygen atoms in total. The fraction of sp³-hybridized carbons (Fsp3) is 0.185. The van der Waals surface area contributed by atoms with E-state index in [1.54, 1.807) is 25.1 Å². The number of rotatable bonds is 3.